The van der Waals surface area contributed by atoms with Crippen molar-refractivity contribution in [2.24, 2.45) is 0 Å². The normalized spacial score (nSPS) is 11.3. The molecule has 0 aliphatic rings. The van der Waals surface area contributed by atoms with Crippen molar-refractivity contribution in [3.63, 3.8) is 0 Å². The molecule has 140 valence electrons. The molecule has 2 aromatic rings. The smallest absolute Gasteiger partial charge is 0.261 e. The molecule has 7 heteroatoms. The van der Waals surface area contributed by atoms with E-state index in [1.807, 2.05) is 13.8 Å². The monoisotopic (exact) mass is 376 g/mol. The van der Waals surface area contributed by atoms with Crippen LogP contribution in [0.2, 0.25) is 0 Å². The summed E-state index contributed by atoms with van der Waals surface area (Å²) >= 11 is 0. The molecular formula is C19H24N2O4S. The van der Waals surface area contributed by atoms with E-state index in [0.717, 1.165) is 0 Å². The molecule has 0 unspecified atom stereocenters. The van der Waals surface area contributed by atoms with E-state index < -0.39 is 10.0 Å². The molecule has 0 fully saturated rings. The molecule has 0 aromatic heterocycles. The van der Waals surface area contributed by atoms with Crippen LogP contribution >= 0.6 is 0 Å². The molecule has 1 amide bonds. The van der Waals surface area contributed by atoms with E-state index in [1.54, 1.807) is 36.4 Å². The molecule has 26 heavy (non-hydrogen) atoms. The molecule has 0 spiro atoms. The number of anilines is 1. The van der Waals surface area contributed by atoms with Gasteiger partial charge in [-0.15, -0.1) is 0 Å². The van der Waals surface area contributed by atoms with Gasteiger partial charge in [0.2, 0.25) is 0 Å². The van der Waals surface area contributed by atoms with E-state index in [-0.39, 0.29) is 16.9 Å². The summed E-state index contributed by atoms with van der Waals surface area (Å²) < 4.78 is 32.6. The highest BCUT2D eigenvalue weighted by atomic mass is 32.2. The van der Waals surface area contributed by atoms with Crippen LogP contribution in [0.1, 0.15) is 30.6 Å². The lowest BCUT2D eigenvalue weighted by atomic mass is 10.2. The lowest BCUT2D eigenvalue weighted by Crippen LogP contribution is -2.25. The standard InChI is InChI=1S/C19H24N2O4S/c1-15(2)25-13-7-12-20-19(22)16-8-6-9-17(14-16)21-26(23,24)18-10-4-3-5-11-18/h3-6,8-11,14-15,21H,7,12-13H2,1-2H3,(H,20,22). The highest BCUT2D eigenvalue weighted by molar-refractivity contribution is 7.92. The Kier molecular flexibility index (Phi) is 7.17. The van der Waals surface area contributed by atoms with E-state index in [1.165, 1.54) is 18.2 Å². The summed E-state index contributed by atoms with van der Waals surface area (Å²) in [6, 6.07) is 14.5. The molecule has 0 bridgehead atoms. The van der Waals surface area contributed by atoms with Crippen molar-refractivity contribution in [2.75, 3.05) is 17.9 Å². The van der Waals surface area contributed by atoms with Crippen LogP contribution in [0.5, 0.6) is 0 Å². The molecule has 0 aliphatic carbocycles. The Balaban J connectivity index is 1.96. The molecular weight excluding hydrogens is 352 g/mol. The summed E-state index contributed by atoms with van der Waals surface area (Å²) in [5.41, 5.74) is 0.729. The van der Waals surface area contributed by atoms with Crippen LogP contribution in [0.25, 0.3) is 0 Å². The van der Waals surface area contributed by atoms with Crippen molar-refractivity contribution >= 4 is 21.6 Å². The van der Waals surface area contributed by atoms with Crippen LogP contribution in [0.4, 0.5) is 5.69 Å². The zero-order valence-corrected chi connectivity index (χ0v) is 15.8. The first-order valence-electron chi connectivity index (χ1n) is 8.46. The van der Waals surface area contributed by atoms with Gasteiger partial charge in [-0.1, -0.05) is 24.3 Å². The van der Waals surface area contributed by atoms with Gasteiger partial charge in [0.25, 0.3) is 15.9 Å². The SMILES string of the molecule is CC(C)OCCCNC(=O)c1cccc(NS(=O)(=O)c2ccccc2)c1. The van der Waals surface area contributed by atoms with Crippen LogP contribution in [0, 0.1) is 0 Å². The number of carbonyl (C=O) groups is 1. The number of sulfonamides is 1. The van der Waals surface area contributed by atoms with Crippen molar-refractivity contribution in [3.8, 4) is 0 Å². The summed E-state index contributed by atoms with van der Waals surface area (Å²) in [4.78, 5) is 12.4. The van der Waals surface area contributed by atoms with Gasteiger partial charge in [0.15, 0.2) is 0 Å². The molecule has 2 rings (SSSR count). The fourth-order valence-electron chi connectivity index (χ4n) is 2.23. The fraction of sp³-hybridized carbons (Fsp3) is 0.316. The third-order valence-electron chi connectivity index (χ3n) is 3.49. The van der Waals surface area contributed by atoms with Gasteiger partial charge < -0.3 is 10.1 Å². The number of benzene rings is 2. The van der Waals surface area contributed by atoms with Gasteiger partial charge in [0, 0.05) is 24.4 Å². The Labute approximate surface area is 154 Å². The zero-order valence-electron chi connectivity index (χ0n) is 14.9. The van der Waals surface area contributed by atoms with E-state index in [9.17, 15) is 13.2 Å². The molecule has 0 atom stereocenters. The minimum atomic E-state index is -3.69. The van der Waals surface area contributed by atoms with Gasteiger partial charge in [-0.25, -0.2) is 8.42 Å². The molecule has 2 aromatic carbocycles. The van der Waals surface area contributed by atoms with Crippen molar-refractivity contribution < 1.29 is 17.9 Å². The van der Waals surface area contributed by atoms with Gasteiger partial charge in [-0.3, -0.25) is 9.52 Å². The lowest BCUT2D eigenvalue weighted by molar-refractivity contribution is 0.0757. The quantitative estimate of drug-likeness (QED) is 0.659. The predicted molar refractivity (Wildman–Crippen MR) is 102 cm³/mol. The molecule has 0 saturated carbocycles. The Hall–Kier alpha value is -2.38. The minimum absolute atomic E-state index is 0.167. The van der Waals surface area contributed by atoms with Gasteiger partial charge >= 0.3 is 0 Å². The summed E-state index contributed by atoms with van der Waals surface area (Å²) in [6.45, 7) is 4.99. The Morgan fingerprint density at radius 2 is 1.81 bits per heavy atom. The maximum absolute atomic E-state index is 12.4. The number of ether oxygens (including phenoxy) is 1. The van der Waals surface area contributed by atoms with Crippen LogP contribution in [0.15, 0.2) is 59.5 Å². The largest absolute Gasteiger partial charge is 0.379 e. The summed E-state index contributed by atoms with van der Waals surface area (Å²) in [5, 5.41) is 2.80. The molecule has 0 aliphatic heterocycles. The number of hydrogen-bond acceptors (Lipinski definition) is 4. The van der Waals surface area contributed by atoms with Gasteiger partial charge in [-0.2, -0.15) is 0 Å². The van der Waals surface area contributed by atoms with E-state index >= 15 is 0 Å². The van der Waals surface area contributed by atoms with Gasteiger partial charge in [-0.05, 0) is 50.6 Å². The van der Waals surface area contributed by atoms with Crippen molar-refractivity contribution in [3.05, 3.63) is 60.2 Å². The van der Waals surface area contributed by atoms with Crippen LogP contribution in [-0.2, 0) is 14.8 Å². The molecule has 2 N–H and O–H groups in total. The lowest BCUT2D eigenvalue weighted by Gasteiger charge is -2.10. The highest BCUT2D eigenvalue weighted by Crippen LogP contribution is 2.17. The second-order valence-electron chi connectivity index (χ2n) is 6.03. The second-order valence-corrected chi connectivity index (χ2v) is 7.71. The number of carbonyl (C=O) groups excluding carboxylic acids is 1. The first kappa shape index (κ1) is 19.9. The van der Waals surface area contributed by atoms with Crippen LogP contribution in [-0.4, -0.2) is 33.6 Å². The second kappa shape index (κ2) is 9.35. The van der Waals surface area contributed by atoms with Gasteiger partial charge in [0.1, 0.15) is 0 Å². The number of rotatable bonds is 9. The topological polar surface area (TPSA) is 84.5 Å². The van der Waals surface area contributed by atoms with E-state index in [4.69, 9.17) is 4.74 Å². The average Bonchev–Trinajstić information content (AvgIpc) is 2.61. The zero-order chi connectivity index (χ0) is 19.0. The maximum atomic E-state index is 12.4. The maximum Gasteiger partial charge on any atom is 0.261 e. The first-order valence-corrected chi connectivity index (χ1v) is 9.94. The van der Waals surface area contributed by atoms with Gasteiger partial charge in [0.05, 0.1) is 11.0 Å². The Bertz CT molecular complexity index is 820. The molecule has 0 saturated heterocycles. The number of nitrogens with one attached hydrogen (secondary N) is 2. The Morgan fingerprint density at radius 1 is 1.08 bits per heavy atom. The van der Waals surface area contributed by atoms with Crippen molar-refractivity contribution in [1.29, 1.82) is 0 Å². The minimum Gasteiger partial charge on any atom is -0.379 e. The van der Waals surface area contributed by atoms with Crippen LogP contribution in [0.3, 0.4) is 0 Å². The first-order chi connectivity index (χ1) is 12.4. The van der Waals surface area contributed by atoms with Crippen LogP contribution < -0.4 is 10.0 Å². The van der Waals surface area contributed by atoms with E-state index in [0.29, 0.717) is 30.8 Å². The van der Waals surface area contributed by atoms with E-state index in [2.05, 4.69) is 10.0 Å². The summed E-state index contributed by atoms with van der Waals surface area (Å²) in [7, 11) is -3.69. The fourth-order valence-corrected chi connectivity index (χ4v) is 3.30. The number of amides is 1. The summed E-state index contributed by atoms with van der Waals surface area (Å²) in [6.07, 6.45) is 0.879. The van der Waals surface area contributed by atoms with Crippen molar-refractivity contribution in [1.82, 2.24) is 5.32 Å². The molecule has 0 radical (unpaired) electrons. The average molecular weight is 376 g/mol. The third kappa shape index (κ3) is 6.16. The van der Waals surface area contributed by atoms with Crippen molar-refractivity contribution in [2.45, 2.75) is 31.3 Å². The summed E-state index contributed by atoms with van der Waals surface area (Å²) in [5.74, 6) is -0.254. The molecule has 6 nitrogen and oxygen atoms in total. The number of hydrogen-bond donors (Lipinski definition) is 2. The third-order valence-corrected chi connectivity index (χ3v) is 4.89. The Morgan fingerprint density at radius 3 is 2.50 bits per heavy atom. The highest BCUT2D eigenvalue weighted by Gasteiger charge is 2.14. The molecule has 0 heterocycles. The predicted octanol–water partition coefficient (Wildman–Crippen LogP) is 3.03.